The molecule has 0 atom stereocenters. The molecule has 4 amide bonds. The second-order valence-corrected chi connectivity index (χ2v) is 10.5. The molecular weight excluding hydrogens is 424 g/mol. The van der Waals surface area contributed by atoms with Gasteiger partial charge in [0.2, 0.25) is 0 Å². The van der Waals surface area contributed by atoms with Gasteiger partial charge in [-0.3, -0.25) is 15.4 Å². The van der Waals surface area contributed by atoms with Crippen LogP contribution in [0.25, 0.3) is 0 Å². The first-order valence-corrected chi connectivity index (χ1v) is 12.4. The molecule has 0 bridgehead atoms. The quantitative estimate of drug-likeness (QED) is 0.534. The van der Waals surface area contributed by atoms with Gasteiger partial charge in [-0.15, -0.1) is 11.8 Å². The van der Waals surface area contributed by atoms with E-state index in [1.54, 1.807) is 0 Å². The number of carboxylic acids is 1. The van der Waals surface area contributed by atoms with E-state index in [1.807, 2.05) is 4.90 Å². The molecule has 3 N–H and O–H groups in total. The molecule has 0 aliphatic heterocycles. The van der Waals surface area contributed by atoms with Crippen LogP contribution < -0.4 is 10.6 Å². The zero-order valence-corrected chi connectivity index (χ0v) is 18.9. The molecule has 166 valence electrons. The summed E-state index contributed by atoms with van der Waals surface area (Å²) < 4.78 is 0.694. The Kier molecular flexibility index (Phi) is 8.38. The number of amides is 4. The number of anilines is 1. The van der Waals surface area contributed by atoms with Gasteiger partial charge in [0.15, 0.2) is 5.13 Å². The maximum atomic E-state index is 13.1. The third-order valence-corrected chi connectivity index (χ3v) is 7.94. The zero-order chi connectivity index (χ0) is 21.5. The van der Waals surface area contributed by atoms with Crippen molar-refractivity contribution in [2.75, 3.05) is 11.1 Å². The molecule has 8 nitrogen and oxygen atoms in total. The lowest BCUT2D eigenvalue weighted by Crippen LogP contribution is -2.54. The minimum absolute atomic E-state index is 0.0668. The van der Waals surface area contributed by atoms with Gasteiger partial charge in [-0.25, -0.2) is 14.6 Å². The van der Waals surface area contributed by atoms with Gasteiger partial charge < -0.3 is 10.0 Å². The monoisotopic (exact) mass is 454 g/mol. The summed E-state index contributed by atoms with van der Waals surface area (Å²) in [6.07, 6.45) is 11.2. The number of carbonyl (C=O) groups excluding carboxylic acids is 2. The Bertz CT molecular complexity index is 743. The second kappa shape index (κ2) is 11.0. The number of aliphatic carboxylic acids is 1. The van der Waals surface area contributed by atoms with Gasteiger partial charge in [0.1, 0.15) is 0 Å². The Balaban J connectivity index is 1.58. The molecular formula is C20H30N4O4S2. The van der Waals surface area contributed by atoms with Gasteiger partial charge in [0, 0.05) is 12.1 Å². The fraction of sp³-hybridized carbons (Fsp3) is 0.700. The van der Waals surface area contributed by atoms with Crippen molar-refractivity contribution >= 4 is 46.3 Å². The van der Waals surface area contributed by atoms with Crippen LogP contribution in [0.15, 0.2) is 10.4 Å². The fourth-order valence-electron chi connectivity index (χ4n) is 4.32. The number of thiazole rings is 1. The molecule has 2 aliphatic carbocycles. The predicted octanol–water partition coefficient (Wildman–Crippen LogP) is 4.77. The summed E-state index contributed by atoms with van der Waals surface area (Å²) >= 11 is 2.33. The average Bonchev–Trinajstić information content (AvgIpc) is 3.16. The Morgan fingerprint density at radius 3 is 2.47 bits per heavy atom. The number of urea groups is 2. The summed E-state index contributed by atoms with van der Waals surface area (Å²) in [5, 5.41) is 14.2. The van der Waals surface area contributed by atoms with Gasteiger partial charge in [-0.2, -0.15) is 0 Å². The highest BCUT2D eigenvalue weighted by Crippen LogP contribution is 2.32. The first-order valence-electron chi connectivity index (χ1n) is 10.6. The summed E-state index contributed by atoms with van der Waals surface area (Å²) in [7, 11) is 0. The summed E-state index contributed by atoms with van der Waals surface area (Å²) in [6, 6.07) is -0.537. The van der Waals surface area contributed by atoms with Crippen LogP contribution in [0.5, 0.6) is 0 Å². The third-order valence-electron chi connectivity index (χ3n) is 5.84. The highest BCUT2D eigenvalue weighted by Gasteiger charge is 2.34. The number of rotatable bonds is 6. The van der Waals surface area contributed by atoms with Crippen LogP contribution in [0, 0.1) is 5.92 Å². The van der Waals surface area contributed by atoms with Crippen LogP contribution in [0.3, 0.4) is 0 Å². The molecule has 0 unspecified atom stereocenters. The van der Waals surface area contributed by atoms with Crippen molar-refractivity contribution in [3.05, 3.63) is 6.20 Å². The van der Waals surface area contributed by atoms with E-state index in [1.165, 1.54) is 24.0 Å². The van der Waals surface area contributed by atoms with Gasteiger partial charge >= 0.3 is 18.0 Å². The van der Waals surface area contributed by atoms with E-state index in [0.29, 0.717) is 15.3 Å². The van der Waals surface area contributed by atoms with E-state index in [-0.39, 0.29) is 23.9 Å². The number of aromatic nitrogens is 1. The third kappa shape index (κ3) is 6.60. The van der Waals surface area contributed by atoms with Crippen LogP contribution in [0.1, 0.15) is 64.7 Å². The number of hydrogen-bond donors (Lipinski definition) is 3. The number of hydrogen-bond acceptors (Lipinski definition) is 6. The van der Waals surface area contributed by atoms with E-state index in [0.717, 1.165) is 63.1 Å². The molecule has 10 heteroatoms. The number of carbonyl (C=O) groups is 3. The molecule has 1 aromatic heterocycles. The summed E-state index contributed by atoms with van der Waals surface area (Å²) in [6.45, 7) is 2.26. The largest absolute Gasteiger partial charge is 0.481 e. The number of thioether (sulfide) groups is 1. The van der Waals surface area contributed by atoms with E-state index < -0.39 is 12.0 Å². The summed E-state index contributed by atoms with van der Waals surface area (Å²) in [4.78, 5) is 42.2. The van der Waals surface area contributed by atoms with Gasteiger partial charge in [0.25, 0.3) is 0 Å². The lowest BCUT2D eigenvalue weighted by Gasteiger charge is -2.42. The number of carboxylic acid groups (broad SMARTS) is 1. The van der Waals surface area contributed by atoms with Crippen molar-refractivity contribution in [1.29, 1.82) is 0 Å². The minimum atomic E-state index is -0.911. The van der Waals surface area contributed by atoms with E-state index in [2.05, 4.69) is 22.5 Å². The van der Waals surface area contributed by atoms with Crippen molar-refractivity contribution in [3.63, 3.8) is 0 Å². The lowest BCUT2D eigenvalue weighted by molar-refractivity contribution is -0.133. The Morgan fingerprint density at radius 2 is 1.80 bits per heavy atom. The van der Waals surface area contributed by atoms with Crippen LogP contribution >= 0.6 is 23.1 Å². The SMILES string of the molecule is CC1CCC(N(C(=O)NC(=O)Nc2ncc(SCC(=O)O)s2)C2CCCCC2)CC1. The summed E-state index contributed by atoms with van der Waals surface area (Å²) in [5.74, 6) is -0.284. The number of nitrogens with one attached hydrogen (secondary N) is 2. The molecule has 2 aliphatic rings. The second-order valence-electron chi connectivity index (χ2n) is 8.16. The van der Waals surface area contributed by atoms with Crippen molar-refractivity contribution in [3.8, 4) is 0 Å². The van der Waals surface area contributed by atoms with Crippen molar-refractivity contribution in [2.24, 2.45) is 5.92 Å². The van der Waals surface area contributed by atoms with Crippen LogP contribution in [0.2, 0.25) is 0 Å². The Labute approximate surface area is 185 Å². The average molecular weight is 455 g/mol. The van der Waals surface area contributed by atoms with Crippen molar-refractivity contribution in [1.82, 2.24) is 15.2 Å². The van der Waals surface area contributed by atoms with E-state index in [4.69, 9.17) is 5.11 Å². The minimum Gasteiger partial charge on any atom is -0.481 e. The first-order chi connectivity index (χ1) is 14.4. The molecule has 3 rings (SSSR count). The topological polar surface area (TPSA) is 112 Å². The number of nitrogens with zero attached hydrogens (tertiary/aromatic N) is 2. The van der Waals surface area contributed by atoms with E-state index >= 15 is 0 Å². The smallest absolute Gasteiger partial charge is 0.329 e. The van der Waals surface area contributed by atoms with E-state index in [9.17, 15) is 14.4 Å². The van der Waals surface area contributed by atoms with Gasteiger partial charge in [-0.1, -0.05) is 37.5 Å². The molecule has 1 heterocycles. The molecule has 0 saturated heterocycles. The molecule has 0 radical (unpaired) electrons. The highest BCUT2D eigenvalue weighted by atomic mass is 32.2. The molecule has 2 fully saturated rings. The maximum Gasteiger partial charge on any atom is 0.329 e. The molecule has 30 heavy (non-hydrogen) atoms. The number of imide groups is 1. The fourth-order valence-corrected chi connectivity index (χ4v) is 5.90. The Hall–Kier alpha value is -1.81. The standard InChI is InChI=1S/C20H30N4O4S2/c1-13-7-9-15(10-8-13)24(14-5-3-2-4-6-14)20(28)23-18(27)22-19-21-11-17(30-19)29-12-16(25)26/h11,13-15H,2-10,12H2,1H3,(H,25,26)(H2,21,22,23,27,28). The first kappa shape index (κ1) is 22.9. The van der Waals surface area contributed by atoms with Gasteiger partial charge in [0.05, 0.1) is 16.2 Å². The van der Waals surface area contributed by atoms with Crippen LogP contribution in [-0.2, 0) is 4.79 Å². The molecule has 1 aromatic rings. The van der Waals surface area contributed by atoms with Crippen molar-refractivity contribution in [2.45, 2.75) is 81.0 Å². The summed E-state index contributed by atoms with van der Waals surface area (Å²) in [5.41, 5.74) is 0. The predicted molar refractivity (Wildman–Crippen MR) is 118 cm³/mol. The Morgan fingerprint density at radius 1 is 1.13 bits per heavy atom. The lowest BCUT2D eigenvalue weighted by atomic mass is 9.84. The normalized spacial score (nSPS) is 22.3. The van der Waals surface area contributed by atoms with Gasteiger partial charge in [-0.05, 0) is 44.4 Å². The zero-order valence-electron chi connectivity index (χ0n) is 17.3. The molecule has 0 spiro atoms. The van der Waals surface area contributed by atoms with Crippen LogP contribution in [-0.4, -0.2) is 50.9 Å². The van der Waals surface area contributed by atoms with Crippen LogP contribution in [0.4, 0.5) is 14.7 Å². The maximum absolute atomic E-state index is 13.1. The van der Waals surface area contributed by atoms with Crippen molar-refractivity contribution < 1.29 is 19.5 Å². The molecule has 2 saturated carbocycles. The highest BCUT2D eigenvalue weighted by molar-refractivity contribution is 8.01. The molecule has 0 aromatic carbocycles.